The molecule has 552 valence electrons. The van der Waals surface area contributed by atoms with Gasteiger partial charge in [-0.3, -0.25) is 37.3 Å². The predicted octanol–water partition coefficient (Wildman–Crippen LogP) is 21.3. The second-order valence-corrected chi connectivity index (χ2v) is 31.3. The maximum atomic E-state index is 13.1. The maximum absolute atomic E-state index is 13.1. The first-order valence-corrected chi connectivity index (χ1v) is 41.2. The molecule has 17 nitrogen and oxygen atoms in total. The smallest absolute Gasteiger partial charge is 0.462 e. The van der Waals surface area contributed by atoms with Gasteiger partial charge in [-0.2, -0.15) is 0 Å². The van der Waals surface area contributed by atoms with Crippen LogP contribution in [0.25, 0.3) is 0 Å². The molecule has 19 heteroatoms. The van der Waals surface area contributed by atoms with Crippen molar-refractivity contribution in [3.8, 4) is 0 Å². The molecule has 0 amide bonds. The summed E-state index contributed by atoms with van der Waals surface area (Å²) in [6.45, 7) is 14.2. The van der Waals surface area contributed by atoms with E-state index in [2.05, 4.69) is 55.4 Å². The Hall–Kier alpha value is -1.94. The molecule has 0 fully saturated rings. The van der Waals surface area contributed by atoms with Crippen LogP contribution in [0.5, 0.6) is 0 Å². The first-order valence-electron chi connectivity index (χ1n) is 38.2. The molecular formula is C74H144O17P2. The van der Waals surface area contributed by atoms with Crippen LogP contribution in [0.3, 0.4) is 0 Å². The molecule has 4 unspecified atom stereocenters. The summed E-state index contributed by atoms with van der Waals surface area (Å²) in [5.41, 5.74) is 0. The summed E-state index contributed by atoms with van der Waals surface area (Å²) in [7, 11) is -9.91. The third-order valence-electron chi connectivity index (χ3n) is 17.4. The van der Waals surface area contributed by atoms with Crippen molar-refractivity contribution in [1.82, 2.24) is 0 Å². The zero-order valence-electron chi connectivity index (χ0n) is 60.9. The normalized spacial score (nSPS) is 14.5. The number of phosphoric acid groups is 2. The van der Waals surface area contributed by atoms with Crippen molar-refractivity contribution in [2.45, 2.75) is 388 Å². The van der Waals surface area contributed by atoms with E-state index in [1.165, 1.54) is 167 Å². The van der Waals surface area contributed by atoms with Gasteiger partial charge in [-0.15, -0.1) is 0 Å². The highest BCUT2D eigenvalue weighted by molar-refractivity contribution is 7.47. The topological polar surface area (TPSA) is 237 Å². The number of esters is 4. The third kappa shape index (κ3) is 67.0. The van der Waals surface area contributed by atoms with Crippen LogP contribution >= 0.6 is 15.6 Å². The van der Waals surface area contributed by atoms with Crippen molar-refractivity contribution in [3.63, 3.8) is 0 Å². The molecule has 0 rings (SSSR count). The summed E-state index contributed by atoms with van der Waals surface area (Å²) in [5, 5.41) is 10.6. The number of ether oxygens (including phenoxy) is 4. The number of aliphatic hydroxyl groups is 1. The van der Waals surface area contributed by atoms with E-state index in [4.69, 9.17) is 37.0 Å². The first-order chi connectivity index (χ1) is 44.6. The zero-order chi connectivity index (χ0) is 68.9. The Morgan fingerprint density at radius 1 is 0.301 bits per heavy atom. The number of carbonyl (C=O) groups is 4. The van der Waals surface area contributed by atoms with Crippen molar-refractivity contribution in [1.29, 1.82) is 0 Å². The predicted molar refractivity (Wildman–Crippen MR) is 377 cm³/mol. The molecule has 0 bridgehead atoms. The number of hydrogen-bond donors (Lipinski definition) is 3. The lowest BCUT2D eigenvalue weighted by atomic mass is 9.99. The SMILES string of the molecule is CCC(C)CCCCCCCCCCCCC(=O)O[C@H](COC(=O)CCCCCCCCCCCCCC(C)C)COP(=O)(O)OCC(O)COP(=O)(O)OC[C@@H](COC(=O)CCCCCCCCCC(C)C)OC(=O)CCCCCCCCCCCCCCC(C)C. The Labute approximate surface area is 568 Å². The minimum atomic E-state index is -4.96. The lowest BCUT2D eigenvalue weighted by Gasteiger charge is -2.21. The molecule has 0 aromatic rings. The highest BCUT2D eigenvalue weighted by Crippen LogP contribution is 2.45. The number of unbranched alkanes of at least 4 members (excludes halogenated alkanes) is 36. The molecule has 0 spiro atoms. The van der Waals surface area contributed by atoms with Gasteiger partial charge >= 0.3 is 39.5 Å². The van der Waals surface area contributed by atoms with Crippen LogP contribution in [0.2, 0.25) is 0 Å². The zero-order valence-corrected chi connectivity index (χ0v) is 62.7. The van der Waals surface area contributed by atoms with Crippen molar-refractivity contribution < 1.29 is 80.2 Å². The molecule has 0 aliphatic rings. The molecule has 3 N–H and O–H groups in total. The first kappa shape index (κ1) is 91.1. The van der Waals surface area contributed by atoms with E-state index in [1.807, 2.05) is 0 Å². The molecule has 0 saturated carbocycles. The number of phosphoric ester groups is 2. The van der Waals surface area contributed by atoms with Crippen LogP contribution in [0.1, 0.15) is 370 Å². The Morgan fingerprint density at radius 3 is 0.763 bits per heavy atom. The van der Waals surface area contributed by atoms with Crippen LogP contribution < -0.4 is 0 Å². The molecule has 0 radical (unpaired) electrons. The van der Waals surface area contributed by atoms with E-state index in [0.29, 0.717) is 31.6 Å². The van der Waals surface area contributed by atoms with E-state index < -0.39 is 97.5 Å². The van der Waals surface area contributed by atoms with E-state index in [0.717, 1.165) is 114 Å². The van der Waals surface area contributed by atoms with Gasteiger partial charge in [0.15, 0.2) is 12.2 Å². The molecule has 6 atom stereocenters. The van der Waals surface area contributed by atoms with Gasteiger partial charge in [0.1, 0.15) is 19.3 Å². The van der Waals surface area contributed by atoms with Crippen molar-refractivity contribution in [2.24, 2.45) is 23.7 Å². The quantitative estimate of drug-likeness (QED) is 0.0222. The van der Waals surface area contributed by atoms with E-state index >= 15 is 0 Å². The summed E-state index contributed by atoms with van der Waals surface area (Å²) in [4.78, 5) is 72.7. The fourth-order valence-corrected chi connectivity index (χ4v) is 12.7. The summed E-state index contributed by atoms with van der Waals surface area (Å²) >= 11 is 0. The Morgan fingerprint density at radius 2 is 0.516 bits per heavy atom. The van der Waals surface area contributed by atoms with Gasteiger partial charge in [0, 0.05) is 25.7 Å². The second kappa shape index (κ2) is 63.5. The van der Waals surface area contributed by atoms with Gasteiger partial charge in [-0.05, 0) is 49.4 Å². The van der Waals surface area contributed by atoms with Crippen molar-refractivity contribution in [3.05, 3.63) is 0 Å². The molecular weight excluding hydrogens is 1220 g/mol. The maximum Gasteiger partial charge on any atom is 0.472 e. The van der Waals surface area contributed by atoms with E-state index in [1.54, 1.807) is 0 Å². The van der Waals surface area contributed by atoms with Gasteiger partial charge in [-0.1, -0.05) is 319 Å². The van der Waals surface area contributed by atoms with E-state index in [9.17, 15) is 43.2 Å². The molecule has 0 heterocycles. The lowest BCUT2D eigenvalue weighted by molar-refractivity contribution is -0.161. The Bertz CT molecular complexity index is 1840. The van der Waals surface area contributed by atoms with Gasteiger partial charge in [0.25, 0.3) is 0 Å². The Balaban J connectivity index is 5.26. The van der Waals surface area contributed by atoms with Gasteiger partial charge in [0.05, 0.1) is 26.4 Å². The standard InChI is InChI=1S/C74H144O17P2/c1-9-67(8)53-45-37-29-21-17-18-24-32-41-49-57-74(79)90-69(60-84-71(76)54-46-38-30-22-16-12-14-20-27-35-43-51-65(4)5)62-88-92(80,81)86-58-68(75)59-87-93(82,83)89-63-70(61-85-72(77)55-47-39-33-25-28-36-44-52-66(6)7)91-73(78)56-48-40-31-23-15-11-10-13-19-26-34-42-50-64(2)3/h64-70,75H,9-63H2,1-8H3,(H,80,81)(H,82,83)/t67?,68?,69-,70-/m1/s1. The summed E-state index contributed by atoms with van der Waals surface area (Å²) < 4.78 is 68.5. The average Bonchev–Trinajstić information content (AvgIpc) is 2.46. The summed E-state index contributed by atoms with van der Waals surface area (Å²) in [6.07, 6.45) is 47.1. The highest BCUT2D eigenvalue weighted by atomic mass is 31.2. The van der Waals surface area contributed by atoms with Crippen LogP contribution in [-0.4, -0.2) is 96.7 Å². The third-order valence-corrected chi connectivity index (χ3v) is 19.3. The molecule has 0 aromatic heterocycles. The minimum absolute atomic E-state index is 0.106. The number of carbonyl (C=O) groups excluding carboxylic acids is 4. The van der Waals surface area contributed by atoms with Gasteiger partial charge < -0.3 is 33.8 Å². The van der Waals surface area contributed by atoms with Crippen LogP contribution in [0, 0.1) is 23.7 Å². The number of hydrogen-bond acceptors (Lipinski definition) is 15. The fourth-order valence-electron chi connectivity index (χ4n) is 11.2. The fraction of sp³-hybridized carbons (Fsp3) is 0.946. The average molecular weight is 1370 g/mol. The minimum Gasteiger partial charge on any atom is -0.462 e. The largest absolute Gasteiger partial charge is 0.472 e. The monoisotopic (exact) mass is 1370 g/mol. The van der Waals surface area contributed by atoms with Gasteiger partial charge in [-0.25, -0.2) is 9.13 Å². The van der Waals surface area contributed by atoms with Gasteiger partial charge in [0.2, 0.25) is 0 Å². The molecule has 0 aliphatic carbocycles. The molecule has 93 heavy (non-hydrogen) atoms. The van der Waals surface area contributed by atoms with Crippen molar-refractivity contribution in [2.75, 3.05) is 39.6 Å². The number of aliphatic hydroxyl groups excluding tert-OH is 1. The molecule has 0 aromatic carbocycles. The van der Waals surface area contributed by atoms with Crippen LogP contribution in [-0.2, 0) is 65.4 Å². The van der Waals surface area contributed by atoms with Crippen molar-refractivity contribution >= 4 is 39.5 Å². The Kier molecular flexibility index (Phi) is 62.2. The van der Waals surface area contributed by atoms with Crippen LogP contribution in [0.4, 0.5) is 0 Å². The summed E-state index contributed by atoms with van der Waals surface area (Å²) in [5.74, 6) is 0.932. The molecule has 0 aliphatic heterocycles. The van der Waals surface area contributed by atoms with E-state index in [-0.39, 0.29) is 25.7 Å². The number of rotatable bonds is 71. The molecule has 0 saturated heterocycles. The summed E-state index contributed by atoms with van der Waals surface area (Å²) in [6, 6.07) is 0. The van der Waals surface area contributed by atoms with Crippen LogP contribution in [0.15, 0.2) is 0 Å². The lowest BCUT2D eigenvalue weighted by Crippen LogP contribution is -2.30. The second-order valence-electron chi connectivity index (χ2n) is 28.4. The highest BCUT2D eigenvalue weighted by Gasteiger charge is 2.30.